The third-order valence-electron chi connectivity index (χ3n) is 8.92. The third kappa shape index (κ3) is 6.73. The minimum atomic E-state index is -3.75. The fraction of sp³-hybridized carbons (Fsp3) is 0.333. The van der Waals surface area contributed by atoms with Gasteiger partial charge in [0.2, 0.25) is 11.8 Å². The van der Waals surface area contributed by atoms with E-state index in [1.807, 2.05) is 48.5 Å². The fourth-order valence-corrected chi connectivity index (χ4v) is 8.35. The van der Waals surface area contributed by atoms with Gasteiger partial charge in [0, 0.05) is 37.4 Å². The van der Waals surface area contributed by atoms with E-state index in [4.69, 9.17) is 0 Å². The Kier molecular flexibility index (Phi) is 9.16. The van der Waals surface area contributed by atoms with Crippen LogP contribution < -0.4 is 9.62 Å². The number of carbonyl (C=O) groups excluding carboxylic acids is 2. The summed E-state index contributed by atoms with van der Waals surface area (Å²) < 4.78 is 42.1. The molecule has 1 N–H and O–H groups in total. The number of halogens is 1. The van der Waals surface area contributed by atoms with Gasteiger partial charge in [-0.05, 0) is 60.0 Å². The molecule has 0 aromatic heterocycles. The van der Waals surface area contributed by atoms with E-state index in [9.17, 15) is 22.4 Å². The van der Waals surface area contributed by atoms with E-state index in [1.165, 1.54) is 16.4 Å². The summed E-state index contributed by atoms with van der Waals surface area (Å²) in [6.07, 6.45) is 5.73. The van der Waals surface area contributed by atoms with Crippen molar-refractivity contribution in [3.63, 3.8) is 0 Å². The van der Waals surface area contributed by atoms with Gasteiger partial charge in [0.05, 0.1) is 10.6 Å². The maximum atomic E-state index is 14.1. The number of nitrogens with zero attached hydrogens (tertiary/aromatic N) is 2. The average molecular weight is 628 g/mol. The highest BCUT2D eigenvalue weighted by Crippen LogP contribution is 2.42. The van der Waals surface area contributed by atoms with E-state index in [-0.39, 0.29) is 54.5 Å². The molecule has 0 radical (unpaired) electrons. The number of nitrogens with one attached hydrogen (secondary N) is 1. The maximum absolute atomic E-state index is 14.1. The lowest BCUT2D eigenvalue weighted by Gasteiger charge is -2.33. The molecule has 1 atom stereocenters. The largest absolute Gasteiger partial charge is 0.352 e. The van der Waals surface area contributed by atoms with Crippen molar-refractivity contribution in [2.24, 2.45) is 0 Å². The van der Waals surface area contributed by atoms with Crippen LogP contribution in [0.3, 0.4) is 0 Å². The van der Waals surface area contributed by atoms with E-state index < -0.39 is 16.1 Å². The zero-order chi connectivity index (χ0) is 31.4. The number of hydrogen-bond acceptors (Lipinski definition) is 4. The first-order valence-electron chi connectivity index (χ1n) is 15.7. The quantitative estimate of drug-likeness (QED) is 0.210. The van der Waals surface area contributed by atoms with Crippen molar-refractivity contribution in [1.82, 2.24) is 10.2 Å². The summed E-state index contributed by atoms with van der Waals surface area (Å²) in [5.74, 6) is -0.841. The number of anilines is 1. The molecule has 7 nitrogen and oxygen atoms in total. The normalized spacial score (nSPS) is 16.4. The van der Waals surface area contributed by atoms with Gasteiger partial charge in [-0.2, -0.15) is 0 Å². The Morgan fingerprint density at radius 3 is 2.31 bits per heavy atom. The van der Waals surface area contributed by atoms with Gasteiger partial charge in [-0.3, -0.25) is 13.9 Å². The van der Waals surface area contributed by atoms with Crippen LogP contribution in [0, 0.1) is 5.82 Å². The summed E-state index contributed by atoms with van der Waals surface area (Å²) in [7, 11) is -3.75. The lowest BCUT2D eigenvalue weighted by molar-refractivity contribution is -0.141. The number of amides is 2. The second-order valence-corrected chi connectivity index (χ2v) is 13.8. The molecule has 9 heteroatoms. The molecule has 1 saturated carbocycles. The van der Waals surface area contributed by atoms with Crippen LogP contribution >= 0.6 is 0 Å². The summed E-state index contributed by atoms with van der Waals surface area (Å²) in [5.41, 5.74) is 2.25. The van der Waals surface area contributed by atoms with Crippen LogP contribution in [0.5, 0.6) is 0 Å². The molecule has 45 heavy (non-hydrogen) atoms. The first-order chi connectivity index (χ1) is 21.8. The number of benzene rings is 4. The molecule has 234 valence electrons. The summed E-state index contributed by atoms with van der Waals surface area (Å²) in [4.78, 5) is 29.9. The molecule has 0 bridgehead atoms. The Hall–Kier alpha value is -4.24. The second kappa shape index (κ2) is 13.4. The van der Waals surface area contributed by atoms with Crippen molar-refractivity contribution in [1.29, 1.82) is 0 Å². The molecule has 1 aliphatic heterocycles. The molecule has 4 aromatic rings. The van der Waals surface area contributed by atoms with Crippen molar-refractivity contribution in [3.05, 3.63) is 108 Å². The Morgan fingerprint density at radius 1 is 0.867 bits per heavy atom. The Bertz CT molecular complexity index is 1770. The Morgan fingerprint density at radius 2 is 1.58 bits per heavy atom. The number of rotatable bonds is 11. The predicted molar refractivity (Wildman–Crippen MR) is 174 cm³/mol. The van der Waals surface area contributed by atoms with Crippen LogP contribution in [0.15, 0.2) is 95.9 Å². The predicted octanol–water partition coefficient (Wildman–Crippen LogP) is 6.36. The summed E-state index contributed by atoms with van der Waals surface area (Å²) in [6.45, 7) is 0.255. The molecule has 4 aromatic carbocycles. The van der Waals surface area contributed by atoms with Crippen LogP contribution in [0.4, 0.5) is 10.1 Å². The van der Waals surface area contributed by atoms with Crippen molar-refractivity contribution in [2.45, 2.75) is 74.9 Å². The van der Waals surface area contributed by atoms with Gasteiger partial charge in [0.25, 0.3) is 10.0 Å². The zero-order valence-corrected chi connectivity index (χ0v) is 26.0. The van der Waals surface area contributed by atoms with Gasteiger partial charge in [-0.25, -0.2) is 12.8 Å². The van der Waals surface area contributed by atoms with Crippen molar-refractivity contribution in [2.75, 3.05) is 10.8 Å². The molecule has 1 fully saturated rings. The van der Waals surface area contributed by atoms with Gasteiger partial charge >= 0.3 is 0 Å². The number of carbonyl (C=O) groups is 2. The molecule has 1 unspecified atom stereocenters. The maximum Gasteiger partial charge on any atom is 0.265 e. The standard InChI is InChI=1S/C36H38FN3O4S/c37-29-21-19-27(20-22-29)25-39(32(24-26-10-3-1-4-11-26)36(42)38-30-14-5-2-6-15-30)34(41)18-9-23-40-31-16-7-12-28-13-8-17-33(35(28)31)45(40,43)44/h1,3-4,7-8,10-13,16-17,19-22,30,32H,2,5-6,9,14-15,18,23-25H2,(H,38,42). The lowest BCUT2D eigenvalue weighted by atomic mass is 9.94. The first-order valence-corrected chi connectivity index (χ1v) is 17.2. The summed E-state index contributed by atoms with van der Waals surface area (Å²) >= 11 is 0. The SMILES string of the molecule is O=C(NC1CCCCC1)C(Cc1ccccc1)N(Cc1ccc(F)cc1)C(=O)CCCN1c2cccc3cccc(c23)S1(=O)=O. The molecular formula is C36H38FN3O4S. The molecule has 1 heterocycles. The van der Waals surface area contributed by atoms with E-state index in [2.05, 4.69) is 5.32 Å². The minimum absolute atomic E-state index is 0.0432. The topological polar surface area (TPSA) is 86.8 Å². The lowest BCUT2D eigenvalue weighted by Crippen LogP contribution is -2.52. The third-order valence-corrected chi connectivity index (χ3v) is 10.8. The highest BCUT2D eigenvalue weighted by atomic mass is 32.2. The summed E-state index contributed by atoms with van der Waals surface area (Å²) in [5, 5.41) is 4.77. The van der Waals surface area contributed by atoms with Crippen LogP contribution in [-0.4, -0.2) is 43.8 Å². The van der Waals surface area contributed by atoms with Crippen LogP contribution in [0.1, 0.15) is 56.1 Å². The minimum Gasteiger partial charge on any atom is -0.352 e. The smallest absolute Gasteiger partial charge is 0.265 e. The van der Waals surface area contributed by atoms with E-state index in [0.717, 1.165) is 43.1 Å². The molecule has 0 saturated heterocycles. The van der Waals surface area contributed by atoms with Gasteiger partial charge in [-0.15, -0.1) is 0 Å². The first kappa shape index (κ1) is 30.8. The molecule has 1 aliphatic carbocycles. The number of sulfonamides is 1. The van der Waals surface area contributed by atoms with Crippen LogP contribution in [0.25, 0.3) is 10.8 Å². The fourth-order valence-electron chi connectivity index (χ4n) is 6.60. The highest BCUT2D eigenvalue weighted by Gasteiger charge is 2.36. The van der Waals surface area contributed by atoms with E-state index in [0.29, 0.717) is 23.1 Å². The Balaban J connectivity index is 1.25. The molecule has 2 aliphatic rings. The van der Waals surface area contributed by atoms with Crippen LogP contribution in [0.2, 0.25) is 0 Å². The number of hydrogen-bond donors (Lipinski definition) is 1. The molecule has 2 amide bonds. The van der Waals surface area contributed by atoms with Gasteiger partial charge in [-0.1, -0.05) is 86.0 Å². The highest BCUT2D eigenvalue weighted by molar-refractivity contribution is 7.93. The van der Waals surface area contributed by atoms with Gasteiger partial charge < -0.3 is 10.2 Å². The monoisotopic (exact) mass is 627 g/mol. The molecule has 0 spiro atoms. The van der Waals surface area contributed by atoms with Gasteiger partial charge in [0.1, 0.15) is 11.9 Å². The van der Waals surface area contributed by atoms with Crippen molar-refractivity contribution in [3.8, 4) is 0 Å². The molecular weight excluding hydrogens is 589 g/mol. The summed E-state index contributed by atoms with van der Waals surface area (Å²) in [6, 6.07) is 25.6. The average Bonchev–Trinajstić information content (AvgIpc) is 3.27. The molecule has 6 rings (SSSR count). The zero-order valence-electron chi connectivity index (χ0n) is 25.2. The second-order valence-electron chi connectivity index (χ2n) is 12.0. The van der Waals surface area contributed by atoms with Crippen molar-refractivity contribution >= 4 is 38.3 Å². The van der Waals surface area contributed by atoms with Crippen LogP contribution in [-0.2, 0) is 32.6 Å². The Labute approximate surface area is 264 Å². The van der Waals surface area contributed by atoms with E-state index >= 15 is 0 Å². The van der Waals surface area contributed by atoms with E-state index in [1.54, 1.807) is 35.2 Å². The van der Waals surface area contributed by atoms with Crippen molar-refractivity contribution < 1.29 is 22.4 Å². The van der Waals surface area contributed by atoms with Gasteiger partial charge in [0.15, 0.2) is 0 Å².